The molecular weight excluding hydrogens is 357 g/mol. The van der Waals surface area contributed by atoms with Crippen molar-refractivity contribution in [3.8, 4) is 0 Å². The molecule has 0 aliphatic carbocycles. The molecule has 1 saturated heterocycles. The van der Waals surface area contributed by atoms with Crippen LogP contribution in [0.5, 0.6) is 0 Å². The third-order valence-electron chi connectivity index (χ3n) is 3.29. The van der Waals surface area contributed by atoms with Crippen LogP contribution in [0.1, 0.15) is 18.1 Å². The summed E-state index contributed by atoms with van der Waals surface area (Å²) in [4.78, 5) is 24.3. The quantitative estimate of drug-likeness (QED) is 0.800. The van der Waals surface area contributed by atoms with E-state index in [2.05, 4.69) is 12.2 Å². The maximum Gasteiger partial charge on any atom is 0.413 e. The van der Waals surface area contributed by atoms with Crippen molar-refractivity contribution in [2.45, 2.75) is 19.4 Å². The molecule has 115 valence electrons. The Kier molecular flexibility index (Phi) is 7.10. The molecular formula is C16H18N2O3Y-2. The Bertz CT molecular complexity index is 575. The summed E-state index contributed by atoms with van der Waals surface area (Å²) in [5.74, 6) is -0.146. The summed E-state index contributed by atoms with van der Waals surface area (Å²) in [5, 5.41) is 2.64. The molecule has 22 heavy (non-hydrogen) atoms. The minimum absolute atomic E-state index is 0. The van der Waals surface area contributed by atoms with Crippen molar-refractivity contribution in [3.05, 3.63) is 48.9 Å². The Balaban J connectivity index is 0.00000242. The van der Waals surface area contributed by atoms with Gasteiger partial charge in [0.15, 0.2) is 0 Å². The van der Waals surface area contributed by atoms with Gasteiger partial charge in [-0.1, -0.05) is 12.5 Å². The first kappa shape index (κ1) is 18.7. The number of amides is 2. The maximum atomic E-state index is 11.9. The molecule has 1 N–H and O–H groups in total. The summed E-state index contributed by atoms with van der Waals surface area (Å²) in [6.07, 6.45) is 1.45. The van der Waals surface area contributed by atoms with E-state index in [1.807, 2.05) is 18.2 Å². The number of carbonyl (C=O) groups is 2. The predicted octanol–water partition coefficient (Wildman–Crippen LogP) is 1.86. The zero-order valence-corrected chi connectivity index (χ0v) is 15.4. The van der Waals surface area contributed by atoms with Gasteiger partial charge in [0.05, 0.1) is 13.1 Å². The van der Waals surface area contributed by atoms with Crippen molar-refractivity contribution in [2.24, 2.45) is 0 Å². The number of cyclic esters (lactones) is 1. The van der Waals surface area contributed by atoms with Crippen LogP contribution in [0.25, 0.3) is 0 Å². The van der Waals surface area contributed by atoms with Crippen LogP contribution in [0.4, 0.5) is 10.5 Å². The van der Waals surface area contributed by atoms with Crippen molar-refractivity contribution in [3.63, 3.8) is 0 Å². The number of hydrogen-bond acceptors (Lipinski definition) is 3. The fourth-order valence-electron chi connectivity index (χ4n) is 2.20. The number of allylic oxidation sites excluding steroid dienone is 1. The molecule has 6 heteroatoms. The summed E-state index contributed by atoms with van der Waals surface area (Å²) >= 11 is 0. The molecule has 2 rings (SSSR count). The molecule has 1 aliphatic rings. The molecule has 5 nitrogen and oxygen atoms in total. The van der Waals surface area contributed by atoms with E-state index >= 15 is 0 Å². The van der Waals surface area contributed by atoms with Crippen LogP contribution < -0.4 is 10.2 Å². The first-order valence-electron chi connectivity index (χ1n) is 6.72. The first-order chi connectivity index (χ1) is 10.0. The number of benzene rings is 1. The molecule has 1 aromatic rings. The van der Waals surface area contributed by atoms with E-state index in [0.717, 1.165) is 16.8 Å². The standard InChI is InChI=1S/C16H18N2O3.Y/c1-4-5-13-6-7-14(8-11(13)2)18-10-15(21-16(18)20)9-17-12(3)19;/h1,4,6-8,15H,2,5,9-10H2,3H3,(H,17,19);/q-2;/t15-;/m0./s1. The monoisotopic (exact) mass is 375 g/mol. The number of nitrogens with one attached hydrogen (secondary N) is 1. The minimum Gasteiger partial charge on any atom is -0.519 e. The first-order valence-corrected chi connectivity index (χ1v) is 6.72. The summed E-state index contributed by atoms with van der Waals surface area (Å²) in [6, 6.07) is 5.58. The van der Waals surface area contributed by atoms with Crippen molar-refractivity contribution in [2.75, 3.05) is 18.0 Å². The van der Waals surface area contributed by atoms with Gasteiger partial charge in [-0.15, -0.1) is 17.7 Å². The Morgan fingerprint density at radius 3 is 2.91 bits per heavy atom. The molecule has 1 atom stereocenters. The Morgan fingerprint density at radius 1 is 1.59 bits per heavy atom. The fourth-order valence-corrected chi connectivity index (χ4v) is 2.20. The van der Waals surface area contributed by atoms with Crippen molar-refractivity contribution >= 4 is 17.7 Å². The second-order valence-corrected chi connectivity index (χ2v) is 4.95. The summed E-state index contributed by atoms with van der Waals surface area (Å²) < 4.78 is 5.22. The van der Waals surface area contributed by atoms with Gasteiger partial charge in [0.1, 0.15) is 6.10 Å². The molecule has 1 aromatic carbocycles. The van der Waals surface area contributed by atoms with E-state index in [1.165, 1.54) is 11.8 Å². The number of ether oxygens (including phenoxy) is 1. The molecule has 1 radical (unpaired) electrons. The number of nitrogens with zero attached hydrogens (tertiary/aromatic N) is 1. The maximum absolute atomic E-state index is 11.9. The predicted molar refractivity (Wildman–Crippen MR) is 79.8 cm³/mol. The zero-order chi connectivity index (χ0) is 15.4. The number of rotatable bonds is 5. The third-order valence-corrected chi connectivity index (χ3v) is 3.29. The van der Waals surface area contributed by atoms with Crippen molar-refractivity contribution < 1.29 is 47.0 Å². The number of anilines is 1. The zero-order valence-electron chi connectivity index (χ0n) is 12.5. The van der Waals surface area contributed by atoms with Crippen molar-refractivity contribution in [1.29, 1.82) is 0 Å². The average molecular weight is 375 g/mol. The molecule has 1 aliphatic heterocycles. The van der Waals surface area contributed by atoms with Gasteiger partial charge in [0.25, 0.3) is 0 Å². The minimum atomic E-state index is -0.414. The van der Waals surface area contributed by atoms with Gasteiger partial charge in [-0.25, -0.2) is 4.79 Å². The van der Waals surface area contributed by atoms with Crippen LogP contribution in [0.15, 0.2) is 24.3 Å². The second kappa shape index (κ2) is 8.34. The number of hydrogen-bond donors (Lipinski definition) is 1. The topological polar surface area (TPSA) is 58.6 Å². The van der Waals surface area contributed by atoms with Gasteiger partial charge in [0, 0.05) is 39.6 Å². The molecule has 0 spiro atoms. The van der Waals surface area contributed by atoms with Crippen molar-refractivity contribution in [1.82, 2.24) is 5.32 Å². The van der Waals surface area contributed by atoms with E-state index < -0.39 is 6.09 Å². The SMILES string of the molecule is [CH-]=CCc1ccc(N2C[C@H](CNC(C)=O)OC2=O)cc1[CH2-].[Y]. The smallest absolute Gasteiger partial charge is 0.413 e. The third kappa shape index (κ3) is 4.58. The van der Waals surface area contributed by atoms with Gasteiger partial charge < -0.3 is 16.6 Å². The molecule has 0 saturated carbocycles. The van der Waals surface area contributed by atoms with Crippen LogP contribution in [0, 0.1) is 13.5 Å². The molecule has 1 heterocycles. The average Bonchev–Trinajstić information content (AvgIpc) is 2.80. The molecule has 2 amide bonds. The Hall–Kier alpha value is -1.33. The molecule has 0 aromatic heterocycles. The second-order valence-electron chi connectivity index (χ2n) is 4.95. The summed E-state index contributed by atoms with van der Waals surface area (Å²) in [5.41, 5.74) is 2.58. The van der Waals surface area contributed by atoms with E-state index in [0.29, 0.717) is 19.5 Å². The summed E-state index contributed by atoms with van der Waals surface area (Å²) in [6.45, 7) is 11.5. The molecule has 1 fully saturated rings. The fraction of sp³-hybridized carbons (Fsp3) is 0.312. The van der Waals surface area contributed by atoms with E-state index in [1.54, 1.807) is 6.08 Å². The van der Waals surface area contributed by atoms with E-state index in [4.69, 9.17) is 11.3 Å². The van der Waals surface area contributed by atoms with E-state index in [-0.39, 0.29) is 44.7 Å². The Labute approximate surface area is 156 Å². The number of carbonyl (C=O) groups excluding carboxylic acids is 2. The molecule has 0 unspecified atom stereocenters. The largest absolute Gasteiger partial charge is 0.519 e. The van der Waals surface area contributed by atoms with Crippen LogP contribution in [0.3, 0.4) is 0 Å². The van der Waals surface area contributed by atoms with Gasteiger partial charge in [-0.3, -0.25) is 15.8 Å². The van der Waals surface area contributed by atoms with Gasteiger partial charge in [0.2, 0.25) is 5.91 Å². The van der Waals surface area contributed by atoms with Crippen LogP contribution in [0.2, 0.25) is 0 Å². The van der Waals surface area contributed by atoms with Crippen LogP contribution >= 0.6 is 0 Å². The van der Waals surface area contributed by atoms with Gasteiger partial charge >= 0.3 is 6.09 Å². The normalized spacial score (nSPS) is 16.7. The van der Waals surface area contributed by atoms with Gasteiger partial charge in [-0.05, 0) is 5.69 Å². The molecule has 0 bridgehead atoms. The van der Waals surface area contributed by atoms with Gasteiger partial charge in [-0.2, -0.15) is 12.5 Å². The summed E-state index contributed by atoms with van der Waals surface area (Å²) in [7, 11) is 0. The van der Waals surface area contributed by atoms with Crippen LogP contribution in [-0.4, -0.2) is 31.2 Å². The Morgan fingerprint density at radius 2 is 2.32 bits per heavy atom. The van der Waals surface area contributed by atoms with Crippen LogP contribution in [-0.2, 0) is 48.7 Å². The van der Waals surface area contributed by atoms with E-state index in [9.17, 15) is 9.59 Å².